The summed E-state index contributed by atoms with van der Waals surface area (Å²) in [6, 6.07) is 8.06. The number of carbonyl (C=O) groups excluding carboxylic acids is 3. The van der Waals surface area contributed by atoms with Gasteiger partial charge in [0.15, 0.2) is 0 Å². The van der Waals surface area contributed by atoms with E-state index >= 15 is 0 Å². The maximum Gasteiger partial charge on any atom is 0.264 e. The molecule has 2 fully saturated rings. The van der Waals surface area contributed by atoms with Gasteiger partial charge in [0.05, 0.1) is 85.2 Å². The van der Waals surface area contributed by atoms with Crippen LogP contribution in [0.5, 0.6) is 0 Å². The van der Waals surface area contributed by atoms with Gasteiger partial charge >= 0.3 is 0 Å². The van der Waals surface area contributed by atoms with Gasteiger partial charge in [0.2, 0.25) is 5.91 Å². The Kier molecular flexibility index (Phi) is 23.5. The Morgan fingerprint density at radius 2 is 1.46 bits per heavy atom. The number of nitrogens with zero attached hydrogens (tertiary/aromatic N) is 3. The summed E-state index contributed by atoms with van der Waals surface area (Å²) in [4.78, 5) is 40.8. The van der Waals surface area contributed by atoms with Crippen LogP contribution < -0.4 is 10.6 Å². The van der Waals surface area contributed by atoms with Gasteiger partial charge in [-0.1, -0.05) is 32.1 Å². The second-order valence-corrected chi connectivity index (χ2v) is 12.9. The van der Waals surface area contributed by atoms with Crippen molar-refractivity contribution in [3.05, 3.63) is 47.3 Å². The minimum atomic E-state index is -0.585. The van der Waals surface area contributed by atoms with Crippen molar-refractivity contribution in [3.63, 3.8) is 0 Å². The van der Waals surface area contributed by atoms with Gasteiger partial charge in [0, 0.05) is 90.3 Å². The van der Waals surface area contributed by atoms with Crippen molar-refractivity contribution < 1.29 is 85.8 Å². The van der Waals surface area contributed by atoms with Crippen molar-refractivity contribution in [2.75, 3.05) is 125 Å². The molecule has 0 bridgehead atoms. The van der Waals surface area contributed by atoms with Crippen molar-refractivity contribution >= 4 is 18.2 Å². The third-order valence-electron chi connectivity index (χ3n) is 8.34. The number of likely N-dealkylation sites (tertiary alicyclic amines) is 1. The standard InChI is InChI=1S/C36H53FN5O9.Tb/c1-36(2,27-41-9-13-48-14-10-41)23-30(24-38)35(45)42-25-32(29-3-5-31(37)6-4-29)33(26-42)34(44)40-8-12-47-16-18-50-20-22-51-21-19-49-17-15-46-11-7-39-28-43;/h3-6,23,32-33H,7-22,25-27H2,1-2H3,(H,39,43)(H,40,44);/q-1;/b30-23+;/t32-,33+;/m0./s1. The molecular weight excluding hydrogens is 824 g/mol. The number of carbonyl (C=O) groups is 2. The van der Waals surface area contributed by atoms with Crippen molar-refractivity contribution in [3.8, 4) is 6.07 Å². The molecule has 1 aromatic rings. The molecule has 0 spiro atoms. The van der Waals surface area contributed by atoms with Gasteiger partial charge in [0.1, 0.15) is 17.5 Å². The molecule has 0 aliphatic carbocycles. The number of hydrogen-bond acceptors (Lipinski definition) is 11. The molecule has 3 amide bonds. The molecular formula is C36H53FN5O9Tb-. The molecule has 14 nitrogen and oxygen atoms in total. The van der Waals surface area contributed by atoms with Crippen LogP contribution in [0.15, 0.2) is 35.9 Å². The molecule has 2 atom stereocenters. The Morgan fingerprint density at radius 1 is 0.923 bits per heavy atom. The summed E-state index contributed by atoms with van der Waals surface area (Å²) in [6.07, 6.45) is 3.30. The van der Waals surface area contributed by atoms with Gasteiger partial charge in [-0.25, -0.2) is 4.39 Å². The van der Waals surface area contributed by atoms with Crippen LogP contribution in [0.3, 0.4) is 0 Å². The summed E-state index contributed by atoms with van der Waals surface area (Å²) in [5.74, 6) is -2.00. The molecule has 2 N–H and O–H groups in total. The molecule has 1 aromatic carbocycles. The molecule has 3 rings (SSSR count). The maximum atomic E-state index is 13.7. The topological polar surface area (TPSA) is 161 Å². The second kappa shape index (κ2) is 26.6. The predicted molar refractivity (Wildman–Crippen MR) is 185 cm³/mol. The summed E-state index contributed by atoms with van der Waals surface area (Å²) in [6.45, 7) is 12.6. The van der Waals surface area contributed by atoms with E-state index in [2.05, 4.69) is 21.6 Å². The van der Waals surface area contributed by atoms with Crippen LogP contribution in [0.1, 0.15) is 25.3 Å². The molecule has 0 saturated carbocycles. The van der Waals surface area contributed by atoms with Gasteiger partial charge in [-0.2, -0.15) is 11.7 Å². The average Bonchev–Trinajstić information content (AvgIpc) is 3.57. The minimum absolute atomic E-state index is 0. The molecule has 52 heavy (non-hydrogen) atoms. The molecule has 1 radical (unpaired) electrons. The zero-order valence-electron chi connectivity index (χ0n) is 30.2. The molecule has 293 valence electrons. The summed E-state index contributed by atoms with van der Waals surface area (Å²) in [5, 5.41) is 15.3. The third-order valence-corrected chi connectivity index (χ3v) is 8.34. The second-order valence-electron chi connectivity index (χ2n) is 12.9. The first kappa shape index (κ1) is 46.0. The van der Waals surface area contributed by atoms with E-state index in [-0.39, 0.29) is 88.1 Å². The first-order valence-electron chi connectivity index (χ1n) is 17.5. The summed E-state index contributed by atoms with van der Waals surface area (Å²) < 4.78 is 46.4. The van der Waals surface area contributed by atoms with Crippen molar-refractivity contribution in [2.24, 2.45) is 11.3 Å². The number of morpholine rings is 1. The van der Waals surface area contributed by atoms with Crippen molar-refractivity contribution in [1.82, 2.24) is 20.4 Å². The largest absolute Gasteiger partial charge is 0.528 e. The zero-order chi connectivity index (χ0) is 36.7. The van der Waals surface area contributed by atoms with E-state index in [1.165, 1.54) is 12.1 Å². The maximum absolute atomic E-state index is 13.7. The summed E-state index contributed by atoms with van der Waals surface area (Å²) in [5.41, 5.74) is 0.354. The number of rotatable bonds is 25. The number of hydrogen-bond donors (Lipinski definition) is 2. The van der Waals surface area contributed by atoms with Crippen molar-refractivity contribution in [2.45, 2.75) is 19.8 Å². The normalized spacial score (nSPS) is 18.0. The molecule has 0 unspecified atom stereocenters. The number of benzene rings is 1. The van der Waals surface area contributed by atoms with Gasteiger partial charge in [0.25, 0.3) is 5.91 Å². The van der Waals surface area contributed by atoms with Crippen molar-refractivity contribution in [1.29, 1.82) is 5.26 Å². The van der Waals surface area contributed by atoms with Crippen LogP contribution in [0.4, 0.5) is 4.39 Å². The summed E-state index contributed by atoms with van der Waals surface area (Å²) in [7, 11) is 0. The minimum Gasteiger partial charge on any atom is -0.528 e. The predicted octanol–water partition coefficient (Wildman–Crippen LogP) is 1.03. The molecule has 16 heteroatoms. The van der Waals surface area contributed by atoms with E-state index in [0.29, 0.717) is 85.8 Å². The van der Waals surface area contributed by atoms with Crippen LogP contribution >= 0.6 is 0 Å². The SMILES string of the molecule is CC(C)(/C=C(\C#N)C(=O)N1C[C@@H](C(=O)NCCOCCOCCOCCOCCOCCN[C-]=O)[C@H](c2ccc(F)cc2)C1)CN1CCOCC1.[Tb]. The summed E-state index contributed by atoms with van der Waals surface area (Å²) >= 11 is 0. The number of nitrogens with one attached hydrogen (secondary N) is 2. The fourth-order valence-electron chi connectivity index (χ4n) is 5.90. The molecule has 0 aromatic heterocycles. The third kappa shape index (κ3) is 17.7. The molecule has 2 aliphatic rings. The number of halogens is 1. The zero-order valence-corrected chi connectivity index (χ0v) is 32.3. The first-order chi connectivity index (χ1) is 24.7. The van der Waals surface area contributed by atoms with Crippen LogP contribution in [0, 0.1) is 67.1 Å². The van der Waals surface area contributed by atoms with E-state index in [4.69, 9.17) is 28.4 Å². The smallest absolute Gasteiger partial charge is 0.264 e. The first-order valence-corrected chi connectivity index (χ1v) is 17.5. The fraction of sp³-hybridized carbons (Fsp3) is 0.667. The number of amides is 3. The Bertz CT molecular complexity index is 1260. The van der Waals surface area contributed by atoms with E-state index < -0.39 is 17.2 Å². The van der Waals surface area contributed by atoms with E-state index in [0.717, 1.165) is 18.7 Å². The van der Waals surface area contributed by atoms with Crippen LogP contribution in [-0.4, -0.2) is 153 Å². The van der Waals surface area contributed by atoms with E-state index in [9.17, 15) is 24.0 Å². The average molecular weight is 878 g/mol. The van der Waals surface area contributed by atoms with Gasteiger partial charge in [-0.15, -0.1) is 0 Å². The Hall–Kier alpha value is -2.20. The molecule has 2 heterocycles. The van der Waals surface area contributed by atoms with Crippen LogP contribution in [0.2, 0.25) is 0 Å². The Labute approximate surface area is 337 Å². The Morgan fingerprint density at radius 3 is 2.00 bits per heavy atom. The van der Waals surface area contributed by atoms with Gasteiger partial charge in [-0.05, 0) is 23.1 Å². The van der Waals surface area contributed by atoms with E-state index in [1.54, 1.807) is 29.5 Å². The molecule has 2 aliphatic heterocycles. The Balaban J connectivity index is 0.00000936. The number of ether oxygens (including phenoxy) is 6. The van der Waals surface area contributed by atoms with Crippen LogP contribution in [0.25, 0.3) is 0 Å². The van der Waals surface area contributed by atoms with E-state index in [1.807, 2.05) is 13.8 Å². The molecule has 2 saturated heterocycles. The van der Waals surface area contributed by atoms with Gasteiger partial charge in [-0.3, -0.25) is 14.5 Å². The monoisotopic (exact) mass is 877 g/mol. The number of nitriles is 1. The quantitative estimate of drug-likeness (QED) is 0.0475. The van der Waals surface area contributed by atoms with Crippen LogP contribution in [-0.2, 0) is 42.8 Å². The fourth-order valence-corrected chi connectivity index (χ4v) is 5.90. The van der Waals surface area contributed by atoms with Gasteiger partial charge < -0.3 is 48.7 Å².